The molecule has 2 heterocycles. The highest BCUT2D eigenvalue weighted by atomic mass is 16.6. The molecule has 0 radical (unpaired) electrons. The van der Waals surface area contributed by atoms with Gasteiger partial charge in [-0.15, -0.1) is 0 Å². The van der Waals surface area contributed by atoms with Crippen molar-refractivity contribution in [3.8, 4) is 45.8 Å². The van der Waals surface area contributed by atoms with E-state index in [1.807, 2.05) is 30.3 Å². The minimum Gasteiger partial charge on any atom is -0.504 e. The number of phenols is 1. The highest BCUT2D eigenvalue weighted by Gasteiger charge is 2.37. The summed E-state index contributed by atoms with van der Waals surface area (Å²) in [6.07, 6.45) is -3.74. The van der Waals surface area contributed by atoms with Gasteiger partial charge in [-0.3, -0.25) is 24.0 Å². The largest absolute Gasteiger partial charge is 0.504 e. The number of likely N-dealkylation sites (N-methyl/N-ethyl adjacent to an activating group) is 1. The lowest BCUT2D eigenvalue weighted by Crippen LogP contribution is -2.46. The van der Waals surface area contributed by atoms with Crippen LogP contribution in [0.5, 0.6) is 17.2 Å². The molecule has 5 amide bonds. The number of hydrogen-bond donors (Lipinski definition) is 5. The number of carbonyl (C=O) groups excluding carboxylic acids is 8. The monoisotopic (exact) mass is 1220 g/mol. The number of Topliss-reactive ketones (excluding diaryl/α,β-unsaturated/α-hetero) is 3. The Labute approximate surface area is 516 Å². The first kappa shape index (κ1) is 70.2. The van der Waals surface area contributed by atoms with Crippen LogP contribution >= 0.6 is 0 Å². The quantitative estimate of drug-likeness (QED) is 0.0312. The Balaban J connectivity index is 1.67. The van der Waals surface area contributed by atoms with Gasteiger partial charge in [0.25, 0.3) is 0 Å². The third kappa shape index (κ3) is 20.8. The van der Waals surface area contributed by atoms with E-state index < -0.39 is 107 Å². The summed E-state index contributed by atoms with van der Waals surface area (Å²) in [5.41, 5.74) is 0.986. The van der Waals surface area contributed by atoms with Crippen LogP contribution < -0.4 is 30.7 Å². The molecule has 5 rings (SSSR count). The lowest BCUT2D eigenvalue weighted by molar-refractivity contribution is -0.142. The Morgan fingerprint density at radius 3 is 1.78 bits per heavy atom. The molecule has 0 saturated heterocycles. The van der Waals surface area contributed by atoms with E-state index >= 15 is 9.59 Å². The van der Waals surface area contributed by atoms with Gasteiger partial charge in [-0.2, -0.15) is 5.26 Å². The molecule has 88 heavy (non-hydrogen) atoms. The summed E-state index contributed by atoms with van der Waals surface area (Å²) < 4.78 is 28.7. The first-order valence-electron chi connectivity index (χ1n) is 29.6. The molecule has 0 aliphatic carbocycles. The molecule has 0 spiro atoms. The Kier molecular flexibility index (Phi) is 23.8. The number of nitriles is 1. The van der Waals surface area contributed by atoms with Gasteiger partial charge >= 0.3 is 18.3 Å². The van der Waals surface area contributed by atoms with E-state index in [0.29, 0.717) is 22.8 Å². The van der Waals surface area contributed by atoms with Crippen LogP contribution in [0, 0.1) is 37.0 Å². The van der Waals surface area contributed by atoms with Crippen LogP contribution in [0.15, 0.2) is 54.6 Å². The predicted molar refractivity (Wildman–Crippen MR) is 330 cm³/mol. The zero-order valence-corrected chi connectivity index (χ0v) is 53.8. The molecule has 4 bridgehead atoms. The van der Waals surface area contributed by atoms with E-state index in [-0.39, 0.29) is 97.7 Å². The number of ether oxygens (including phenoxy) is 5. The third-order valence-corrected chi connectivity index (χ3v) is 13.9. The molecule has 5 N–H and O–H groups in total. The molecule has 4 atom stereocenters. The van der Waals surface area contributed by atoms with Crippen LogP contribution in [0.3, 0.4) is 0 Å². The smallest absolute Gasteiger partial charge is 0.407 e. The van der Waals surface area contributed by atoms with E-state index in [1.165, 1.54) is 37.1 Å². The first-order chi connectivity index (χ1) is 40.9. The van der Waals surface area contributed by atoms with Crippen LogP contribution in [-0.2, 0) is 45.2 Å². The Morgan fingerprint density at radius 2 is 1.26 bits per heavy atom. The summed E-state index contributed by atoms with van der Waals surface area (Å²) in [4.78, 5) is 123. The second-order valence-corrected chi connectivity index (χ2v) is 26.1. The van der Waals surface area contributed by atoms with Gasteiger partial charge in [-0.1, -0.05) is 58.0 Å². The Morgan fingerprint density at radius 1 is 0.727 bits per heavy atom. The van der Waals surface area contributed by atoms with Crippen molar-refractivity contribution in [1.29, 1.82) is 5.26 Å². The Hall–Kier alpha value is -8.61. The molecule has 0 fully saturated rings. The molecule has 3 aromatic carbocycles. The van der Waals surface area contributed by atoms with E-state index in [0.717, 1.165) is 11.1 Å². The molecular formula is C66H88N8O14. The number of rotatable bonds is 20. The maximum atomic E-state index is 15.5. The number of alkyl carbamates (subject to hydrolysis) is 3. The van der Waals surface area contributed by atoms with E-state index in [9.17, 15) is 39.1 Å². The lowest BCUT2D eigenvalue weighted by Gasteiger charge is -2.32. The number of ketones is 3. The topological polar surface area (TPSA) is 304 Å². The van der Waals surface area contributed by atoms with Crippen molar-refractivity contribution in [1.82, 2.24) is 36.1 Å². The summed E-state index contributed by atoms with van der Waals surface area (Å²) in [6.45, 7) is 26.0. The summed E-state index contributed by atoms with van der Waals surface area (Å²) in [6, 6.07) is 14.7. The zero-order valence-electron chi connectivity index (χ0n) is 53.8. The molecule has 1 aliphatic heterocycles. The number of aryl methyl sites for hydroxylation is 2. The lowest BCUT2D eigenvalue weighted by atomic mass is 9.86. The number of benzene rings is 3. The molecule has 4 aromatic rings. The van der Waals surface area contributed by atoms with E-state index in [1.54, 1.807) is 88.3 Å². The maximum Gasteiger partial charge on any atom is 0.407 e. The SMILES string of the molecule is Cc1nc(-c2ccc(C(C)(C)C)cc2)nc(C)c1C(=O)C[C@@H](CCNC(=O)OC(C)(C)C)C(=O)N(C)[C@@H]1C(=O)C[C@@H](C)C(=O)N[C@H](C(=O)CCC#N)Cc2cc(OCCNC(=O)OC(C)(C)C)c(O)c(c2)-c2cc1ccc2OCCNC(=O)OC(C)(C)C. The zero-order chi connectivity index (χ0) is 65.6. The minimum absolute atomic E-state index is 0.0438. The van der Waals surface area contributed by atoms with Crippen LogP contribution in [0.2, 0.25) is 0 Å². The van der Waals surface area contributed by atoms with Crippen molar-refractivity contribution in [3.63, 3.8) is 0 Å². The molecule has 0 saturated carbocycles. The number of carbonyl (C=O) groups is 8. The van der Waals surface area contributed by atoms with Crippen LogP contribution in [0.1, 0.15) is 167 Å². The molecule has 1 aromatic heterocycles. The van der Waals surface area contributed by atoms with Gasteiger partial charge in [-0.25, -0.2) is 24.4 Å². The fourth-order valence-electron chi connectivity index (χ4n) is 9.77. The standard InChI is InChI=1S/C66H88N8O14/c1-38-32-51(77)55(74(16)59(80)44(25-27-68-60(81)86-64(7,8)9)37-50(76)54-39(2)71-57(72-40(54)3)42-19-22-45(23-20-42)63(4,5)6)43-21-24-52(84-30-28-69-61(82)87-65(10,11)12)46(36-43)47-33-41(34-48(73-58(38)79)49(75)18-17-26-67)35-53(56(47)78)85-31-29-70-62(83)88-66(13,14)15/h19-24,33,35-36,38,44,48,55,78H,17-18,25,27-32,34,37H2,1-16H3,(H,68,81)(H,69,82)(H,70,83)(H,73,79)/t38-,44-,48+,55+/m1/s1. The van der Waals surface area contributed by atoms with E-state index in [4.69, 9.17) is 33.7 Å². The third-order valence-electron chi connectivity index (χ3n) is 13.9. The minimum atomic E-state index is -1.51. The van der Waals surface area contributed by atoms with Gasteiger partial charge in [0.15, 0.2) is 34.7 Å². The first-order valence-corrected chi connectivity index (χ1v) is 29.6. The van der Waals surface area contributed by atoms with Crippen molar-refractivity contribution in [3.05, 3.63) is 88.2 Å². The van der Waals surface area contributed by atoms with Gasteiger partial charge in [-0.05, 0) is 135 Å². The molecule has 22 nitrogen and oxygen atoms in total. The van der Waals surface area contributed by atoms with Crippen LogP contribution in [-0.4, -0.2) is 130 Å². The number of hydrogen-bond acceptors (Lipinski definition) is 17. The number of nitrogens with one attached hydrogen (secondary N) is 4. The molecule has 22 heteroatoms. The number of nitrogens with zero attached hydrogens (tertiary/aromatic N) is 4. The number of aromatic hydroxyl groups is 1. The molecule has 476 valence electrons. The highest BCUT2D eigenvalue weighted by Crippen LogP contribution is 2.45. The van der Waals surface area contributed by atoms with Crippen molar-refractivity contribution < 1.29 is 67.1 Å². The average molecular weight is 1220 g/mol. The number of phenolic OH excluding ortho intramolecular Hbond substituents is 1. The molecule has 1 aliphatic rings. The number of amides is 5. The van der Waals surface area contributed by atoms with Crippen LogP contribution in [0.25, 0.3) is 22.5 Å². The van der Waals surface area contributed by atoms with Crippen molar-refractivity contribution in [2.24, 2.45) is 11.8 Å². The summed E-state index contributed by atoms with van der Waals surface area (Å²) in [5.74, 6) is -5.33. The van der Waals surface area contributed by atoms with E-state index in [2.05, 4.69) is 42.0 Å². The van der Waals surface area contributed by atoms with Gasteiger partial charge in [0, 0.05) is 67.8 Å². The Bertz CT molecular complexity index is 3230. The number of aromatic nitrogens is 2. The average Bonchev–Trinajstić information content (AvgIpc) is 0.942. The normalized spacial score (nSPS) is 15.9. The number of fused-ring (bicyclic) bond motifs is 5. The molecule has 0 unspecified atom stereocenters. The van der Waals surface area contributed by atoms with Crippen molar-refractivity contribution >= 4 is 47.4 Å². The van der Waals surface area contributed by atoms with Crippen LogP contribution in [0.4, 0.5) is 14.4 Å². The fraction of sp³-hybridized carbons (Fsp3) is 0.530. The van der Waals surface area contributed by atoms with Crippen molar-refractivity contribution in [2.45, 2.75) is 177 Å². The van der Waals surface area contributed by atoms with Gasteiger partial charge in [0.2, 0.25) is 11.8 Å². The highest BCUT2D eigenvalue weighted by molar-refractivity contribution is 6.01. The summed E-state index contributed by atoms with van der Waals surface area (Å²) in [5, 5.41) is 32.5. The fourth-order valence-corrected chi connectivity index (χ4v) is 9.77. The van der Waals surface area contributed by atoms with Gasteiger partial charge in [0.1, 0.15) is 41.8 Å². The summed E-state index contributed by atoms with van der Waals surface area (Å²) in [7, 11) is 1.39. The second kappa shape index (κ2) is 29.9. The van der Waals surface area contributed by atoms with Gasteiger partial charge in [0.05, 0.1) is 42.2 Å². The van der Waals surface area contributed by atoms with Gasteiger partial charge < -0.3 is 55.0 Å². The predicted octanol–water partition coefficient (Wildman–Crippen LogP) is 10.1. The summed E-state index contributed by atoms with van der Waals surface area (Å²) >= 11 is 0. The maximum absolute atomic E-state index is 15.5. The van der Waals surface area contributed by atoms with Crippen molar-refractivity contribution in [2.75, 3.05) is 39.9 Å². The second-order valence-electron chi connectivity index (χ2n) is 26.1. The molecular weight excluding hydrogens is 1130 g/mol.